The fourth-order valence-corrected chi connectivity index (χ4v) is 1.41. The van der Waals surface area contributed by atoms with Crippen LogP contribution in [0.2, 0.25) is 0 Å². The zero-order valence-electron chi connectivity index (χ0n) is 9.19. The van der Waals surface area contributed by atoms with Crippen LogP contribution in [0.5, 0.6) is 11.6 Å². The lowest BCUT2D eigenvalue weighted by atomic mass is 10.2. The molecule has 1 aromatic heterocycles. The van der Waals surface area contributed by atoms with E-state index in [0.29, 0.717) is 0 Å². The number of nitrogens with zero attached hydrogens (tertiary/aromatic N) is 2. The Morgan fingerprint density at radius 1 is 1.13 bits per heavy atom. The Balaban J connectivity index is 2.21. The van der Waals surface area contributed by atoms with E-state index < -0.39 is 0 Å². The molecule has 15 heavy (non-hydrogen) atoms. The van der Waals surface area contributed by atoms with Crippen LogP contribution in [0.4, 0.5) is 0 Å². The molecule has 0 bridgehead atoms. The third-order valence-corrected chi connectivity index (χ3v) is 2.20. The minimum Gasteiger partial charge on any atom is -0.439 e. The Morgan fingerprint density at radius 2 is 1.80 bits per heavy atom. The van der Waals surface area contributed by atoms with Crippen molar-refractivity contribution in [3.8, 4) is 11.6 Å². The molecule has 0 atom stereocenters. The number of ether oxygens (including phenoxy) is 1. The van der Waals surface area contributed by atoms with Gasteiger partial charge in [-0.2, -0.15) is 5.10 Å². The second-order valence-electron chi connectivity index (χ2n) is 3.66. The van der Waals surface area contributed by atoms with E-state index >= 15 is 0 Å². The van der Waals surface area contributed by atoms with Gasteiger partial charge in [-0.15, -0.1) is 0 Å². The van der Waals surface area contributed by atoms with Gasteiger partial charge in [-0.25, -0.2) is 4.68 Å². The number of aromatic nitrogens is 2. The first-order valence-corrected chi connectivity index (χ1v) is 4.90. The average Bonchev–Trinajstić information content (AvgIpc) is 2.49. The highest BCUT2D eigenvalue weighted by atomic mass is 16.5. The maximum atomic E-state index is 5.69. The zero-order valence-corrected chi connectivity index (χ0v) is 9.19. The molecule has 0 unspecified atom stereocenters. The van der Waals surface area contributed by atoms with E-state index in [0.717, 1.165) is 17.3 Å². The molecular weight excluding hydrogens is 188 g/mol. The van der Waals surface area contributed by atoms with Gasteiger partial charge in [0.15, 0.2) is 0 Å². The summed E-state index contributed by atoms with van der Waals surface area (Å²) < 4.78 is 7.42. The van der Waals surface area contributed by atoms with Gasteiger partial charge in [-0.05, 0) is 26.0 Å². The molecule has 3 nitrogen and oxygen atoms in total. The van der Waals surface area contributed by atoms with Gasteiger partial charge in [0.05, 0.1) is 5.69 Å². The first-order chi connectivity index (χ1) is 7.15. The van der Waals surface area contributed by atoms with Crippen LogP contribution in [-0.4, -0.2) is 9.78 Å². The van der Waals surface area contributed by atoms with Gasteiger partial charge in [-0.1, -0.05) is 17.7 Å². The minimum absolute atomic E-state index is 0.761. The van der Waals surface area contributed by atoms with Crippen LogP contribution in [0, 0.1) is 13.8 Å². The van der Waals surface area contributed by atoms with E-state index in [4.69, 9.17) is 4.74 Å². The van der Waals surface area contributed by atoms with E-state index in [1.54, 1.807) is 4.68 Å². The van der Waals surface area contributed by atoms with Crippen LogP contribution in [-0.2, 0) is 7.05 Å². The fourth-order valence-electron chi connectivity index (χ4n) is 1.41. The standard InChI is InChI=1S/C12H14N2O/c1-9-4-6-11(7-5-9)15-12-8-10(2)13-14(12)3/h4-8H,1-3H3. The molecular formula is C12H14N2O. The first-order valence-electron chi connectivity index (χ1n) is 4.90. The van der Waals surface area contributed by atoms with Crippen molar-refractivity contribution >= 4 is 0 Å². The monoisotopic (exact) mass is 202 g/mol. The Hall–Kier alpha value is -1.77. The summed E-state index contributed by atoms with van der Waals surface area (Å²) in [5.74, 6) is 1.60. The Labute approximate surface area is 89.3 Å². The van der Waals surface area contributed by atoms with Gasteiger partial charge in [0.1, 0.15) is 5.75 Å². The molecule has 1 heterocycles. The van der Waals surface area contributed by atoms with Crippen molar-refractivity contribution in [2.75, 3.05) is 0 Å². The molecule has 1 aromatic carbocycles. The largest absolute Gasteiger partial charge is 0.439 e. The summed E-state index contributed by atoms with van der Waals surface area (Å²) in [6.45, 7) is 4.00. The van der Waals surface area contributed by atoms with Gasteiger partial charge < -0.3 is 4.74 Å². The van der Waals surface area contributed by atoms with Crippen LogP contribution < -0.4 is 4.74 Å². The Bertz CT molecular complexity index is 457. The quantitative estimate of drug-likeness (QED) is 0.748. The maximum Gasteiger partial charge on any atom is 0.217 e. The van der Waals surface area contributed by atoms with Crippen molar-refractivity contribution in [3.05, 3.63) is 41.6 Å². The van der Waals surface area contributed by atoms with Crippen molar-refractivity contribution in [3.63, 3.8) is 0 Å². The molecule has 0 radical (unpaired) electrons. The summed E-state index contributed by atoms with van der Waals surface area (Å²) in [6.07, 6.45) is 0. The maximum absolute atomic E-state index is 5.69. The van der Waals surface area contributed by atoms with Crippen molar-refractivity contribution in [2.45, 2.75) is 13.8 Å². The van der Waals surface area contributed by atoms with E-state index in [-0.39, 0.29) is 0 Å². The van der Waals surface area contributed by atoms with E-state index in [1.165, 1.54) is 5.56 Å². The van der Waals surface area contributed by atoms with Crippen LogP contribution in [0.15, 0.2) is 30.3 Å². The van der Waals surface area contributed by atoms with Crippen molar-refractivity contribution < 1.29 is 4.74 Å². The summed E-state index contributed by atoms with van der Waals surface area (Å²) in [5.41, 5.74) is 2.18. The molecule has 0 amide bonds. The lowest BCUT2D eigenvalue weighted by molar-refractivity contribution is 0.430. The van der Waals surface area contributed by atoms with Gasteiger partial charge in [0.2, 0.25) is 5.88 Å². The summed E-state index contributed by atoms with van der Waals surface area (Å²) in [7, 11) is 1.87. The Morgan fingerprint density at radius 3 is 2.33 bits per heavy atom. The number of hydrogen-bond donors (Lipinski definition) is 0. The smallest absolute Gasteiger partial charge is 0.217 e. The van der Waals surface area contributed by atoms with Crippen LogP contribution in [0.3, 0.4) is 0 Å². The van der Waals surface area contributed by atoms with Crippen molar-refractivity contribution in [1.29, 1.82) is 0 Å². The normalized spacial score (nSPS) is 10.3. The van der Waals surface area contributed by atoms with Crippen molar-refractivity contribution in [1.82, 2.24) is 9.78 Å². The predicted molar refractivity (Wildman–Crippen MR) is 59.2 cm³/mol. The van der Waals surface area contributed by atoms with Crippen LogP contribution >= 0.6 is 0 Å². The Kier molecular flexibility index (Phi) is 2.46. The van der Waals surface area contributed by atoms with E-state index in [9.17, 15) is 0 Å². The molecule has 0 saturated carbocycles. The van der Waals surface area contributed by atoms with Gasteiger partial charge in [0, 0.05) is 13.1 Å². The number of benzene rings is 1. The number of hydrogen-bond acceptors (Lipinski definition) is 2. The fraction of sp³-hybridized carbons (Fsp3) is 0.250. The van der Waals surface area contributed by atoms with Crippen molar-refractivity contribution in [2.24, 2.45) is 7.05 Å². The summed E-state index contributed by atoms with van der Waals surface area (Å²) in [4.78, 5) is 0. The molecule has 0 aliphatic heterocycles. The summed E-state index contributed by atoms with van der Waals surface area (Å²) >= 11 is 0. The SMILES string of the molecule is Cc1ccc(Oc2cc(C)nn2C)cc1. The van der Waals surface area contributed by atoms with Gasteiger partial charge >= 0.3 is 0 Å². The van der Waals surface area contributed by atoms with Crippen LogP contribution in [0.25, 0.3) is 0 Å². The molecule has 2 aromatic rings. The van der Waals surface area contributed by atoms with Gasteiger partial charge in [0.25, 0.3) is 0 Å². The van der Waals surface area contributed by atoms with E-state index in [2.05, 4.69) is 12.0 Å². The molecule has 0 aliphatic rings. The zero-order chi connectivity index (χ0) is 10.8. The molecule has 2 rings (SSSR count). The number of aryl methyl sites for hydroxylation is 3. The highest BCUT2D eigenvalue weighted by Crippen LogP contribution is 2.21. The molecule has 0 saturated heterocycles. The highest BCUT2D eigenvalue weighted by molar-refractivity contribution is 5.30. The summed E-state index contributed by atoms with van der Waals surface area (Å²) in [6, 6.07) is 9.88. The van der Waals surface area contributed by atoms with Gasteiger partial charge in [-0.3, -0.25) is 0 Å². The first kappa shape index (κ1) is 9.77. The molecule has 0 aliphatic carbocycles. The molecule has 0 fully saturated rings. The molecule has 78 valence electrons. The highest BCUT2D eigenvalue weighted by Gasteiger charge is 2.03. The lowest BCUT2D eigenvalue weighted by Gasteiger charge is -2.04. The number of rotatable bonds is 2. The topological polar surface area (TPSA) is 27.1 Å². The van der Waals surface area contributed by atoms with Crippen LogP contribution in [0.1, 0.15) is 11.3 Å². The second-order valence-corrected chi connectivity index (χ2v) is 3.66. The molecule has 3 heteroatoms. The third-order valence-electron chi connectivity index (χ3n) is 2.20. The third kappa shape index (κ3) is 2.18. The van der Waals surface area contributed by atoms with E-state index in [1.807, 2.05) is 44.3 Å². The average molecular weight is 202 g/mol. The summed E-state index contributed by atoms with van der Waals surface area (Å²) in [5, 5.41) is 4.22. The predicted octanol–water partition coefficient (Wildman–Crippen LogP) is 2.83. The minimum atomic E-state index is 0.761. The molecule has 0 N–H and O–H groups in total. The second kappa shape index (κ2) is 3.77. The lowest BCUT2D eigenvalue weighted by Crippen LogP contribution is -1.94. The molecule has 0 spiro atoms.